The third-order valence-electron chi connectivity index (χ3n) is 3.42. The fourth-order valence-electron chi connectivity index (χ4n) is 2.09. The van der Waals surface area contributed by atoms with Gasteiger partial charge in [0.15, 0.2) is 0 Å². The number of ether oxygens (including phenoxy) is 1. The van der Waals surface area contributed by atoms with Crippen molar-refractivity contribution in [3.8, 4) is 5.75 Å². The summed E-state index contributed by atoms with van der Waals surface area (Å²) in [4.78, 5) is 13.6. The average molecular weight is 336 g/mol. The molecule has 3 nitrogen and oxygen atoms in total. The van der Waals surface area contributed by atoms with Crippen molar-refractivity contribution in [1.29, 1.82) is 0 Å². The minimum Gasteiger partial charge on any atom is -0.495 e. The molecule has 1 N–H and O–H groups in total. The number of hydrogen-bond donors (Lipinski definition) is 1. The molecule has 0 spiro atoms. The summed E-state index contributed by atoms with van der Waals surface area (Å²) in [6, 6.07) is 9.37. The summed E-state index contributed by atoms with van der Waals surface area (Å²) >= 11 is 7.69. The van der Waals surface area contributed by atoms with E-state index in [1.165, 1.54) is 0 Å². The van der Waals surface area contributed by atoms with Crippen molar-refractivity contribution < 1.29 is 9.53 Å². The molecule has 22 heavy (non-hydrogen) atoms. The van der Waals surface area contributed by atoms with Gasteiger partial charge < -0.3 is 10.1 Å². The minimum atomic E-state index is -0.159. The molecule has 0 unspecified atom stereocenters. The molecule has 0 aliphatic rings. The van der Waals surface area contributed by atoms with Crippen LogP contribution in [-0.4, -0.2) is 19.3 Å². The van der Waals surface area contributed by atoms with Crippen LogP contribution in [0.2, 0.25) is 5.02 Å². The summed E-state index contributed by atoms with van der Waals surface area (Å²) < 4.78 is 5.29. The SMILES string of the molecule is COc1cc(Cl)c(C)cc1NC(=O)c1cc(SC)ccc1C. The minimum absolute atomic E-state index is 0.159. The topological polar surface area (TPSA) is 38.3 Å². The Labute approximate surface area is 140 Å². The van der Waals surface area contributed by atoms with E-state index >= 15 is 0 Å². The van der Waals surface area contributed by atoms with Gasteiger partial charge in [0.25, 0.3) is 5.91 Å². The maximum Gasteiger partial charge on any atom is 0.256 e. The molecule has 116 valence electrons. The number of thioether (sulfide) groups is 1. The first kappa shape index (κ1) is 16.7. The van der Waals surface area contributed by atoms with E-state index in [-0.39, 0.29) is 5.91 Å². The fourth-order valence-corrected chi connectivity index (χ4v) is 2.69. The van der Waals surface area contributed by atoms with E-state index in [4.69, 9.17) is 16.3 Å². The Kier molecular flexibility index (Phi) is 5.37. The zero-order chi connectivity index (χ0) is 16.3. The van der Waals surface area contributed by atoms with Crippen LogP contribution in [0.15, 0.2) is 35.2 Å². The number of anilines is 1. The lowest BCUT2D eigenvalue weighted by Gasteiger charge is -2.13. The Morgan fingerprint density at radius 3 is 2.55 bits per heavy atom. The van der Waals surface area contributed by atoms with Crippen LogP contribution in [0.4, 0.5) is 5.69 Å². The predicted octanol–water partition coefficient (Wildman–Crippen LogP) is 4.94. The van der Waals surface area contributed by atoms with Gasteiger partial charge in [-0.15, -0.1) is 11.8 Å². The number of hydrogen-bond acceptors (Lipinski definition) is 3. The summed E-state index contributed by atoms with van der Waals surface area (Å²) in [5.41, 5.74) is 3.08. The van der Waals surface area contributed by atoms with Crippen molar-refractivity contribution in [2.24, 2.45) is 0 Å². The highest BCUT2D eigenvalue weighted by Crippen LogP contribution is 2.31. The highest BCUT2D eigenvalue weighted by molar-refractivity contribution is 7.98. The molecule has 0 saturated heterocycles. The smallest absolute Gasteiger partial charge is 0.256 e. The van der Waals surface area contributed by atoms with Gasteiger partial charge in [0.1, 0.15) is 5.75 Å². The average Bonchev–Trinajstić information content (AvgIpc) is 2.51. The molecule has 0 saturated carbocycles. The molecule has 2 aromatic rings. The first-order chi connectivity index (χ1) is 10.5. The Morgan fingerprint density at radius 2 is 1.91 bits per heavy atom. The summed E-state index contributed by atoms with van der Waals surface area (Å²) in [6.45, 7) is 3.81. The lowest BCUT2D eigenvalue weighted by molar-refractivity contribution is 0.102. The monoisotopic (exact) mass is 335 g/mol. The van der Waals surface area contributed by atoms with Crippen molar-refractivity contribution in [2.75, 3.05) is 18.7 Å². The van der Waals surface area contributed by atoms with Crippen molar-refractivity contribution in [3.05, 3.63) is 52.0 Å². The van der Waals surface area contributed by atoms with E-state index in [0.717, 1.165) is 16.0 Å². The van der Waals surface area contributed by atoms with Crippen LogP contribution in [0, 0.1) is 13.8 Å². The van der Waals surface area contributed by atoms with Gasteiger partial charge in [0, 0.05) is 21.5 Å². The van der Waals surface area contributed by atoms with Gasteiger partial charge in [0.05, 0.1) is 12.8 Å². The number of rotatable bonds is 4. The molecule has 2 rings (SSSR count). The molecule has 2 aromatic carbocycles. The quantitative estimate of drug-likeness (QED) is 0.804. The van der Waals surface area contributed by atoms with Crippen molar-refractivity contribution in [3.63, 3.8) is 0 Å². The number of aryl methyl sites for hydroxylation is 2. The van der Waals surface area contributed by atoms with Crippen molar-refractivity contribution in [2.45, 2.75) is 18.7 Å². The molecule has 1 amide bonds. The van der Waals surface area contributed by atoms with E-state index in [1.54, 1.807) is 24.9 Å². The molecule has 0 fully saturated rings. The van der Waals surface area contributed by atoms with Gasteiger partial charge in [-0.1, -0.05) is 17.7 Å². The van der Waals surface area contributed by atoms with E-state index in [2.05, 4.69) is 5.32 Å². The van der Waals surface area contributed by atoms with Crippen LogP contribution in [0.25, 0.3) is 0 Å². The normalized spacial score (nSPS) is 10.4. The molecular formula is C17H18ClNO2S. The highest BCUT2D eigenvalue weighted by atomic mass is 35.5. The molecule has 0 aliphatic heterocycles. The third-order valence-corrected chi connectivity index (χ3v) is 4.55. The summed E-state index contributed by atoms with van der Waals surface area (Å²) in [6.07, 6.45) is 1.98. The summed E-state index contributed by atoms with van der Waals surface area (Å²) in [7, 11) is 1.55. The first-order valence-electron chi connectivity index (χ1n) is 6.76. The number of halogens is 1. The van der Waals surface area contributed by atoms with Crippen LogP contribution in [0.5, 0.6) is 5.75 Å². The number of amides is 1. The second-order valence-electron chi connectivity index (χ2n) is 4.94. The second-order valence-corrected chi connectivity index (χ2v) is 6.22. The number of nitrogens with one attached hydrogen (secondary N) is 1. The van der Waals surface area contributed by atoms with Crippen LogP contribution < -0.4 is 10.1 Å². The highest BCUT2D eigenvalue weighted by Gasteiger charge is 2.14. The molecule has 0 radical (unpaired) electrons. The van der Waals surface area contributed by atoms with Crippen LogP contribution in [-0.2, 0) is 0 Å². The molecular weight excluding hydrogens is 318 g/mol. The van der Waals surface area contributed by atoms with Crippen LogP contribution >= 0.6 is 23.4 Å². The lowest BCUT2D eigenvalue weighted by Crippen LogP contribution is -2.14. The fraction of sp³-hybridized carbons (Fsp3) is 0.235. The number of carbonyl (C=O) groups excluding carboxylic acids is 1. The molecule has 5 heteroatoms. The number of methoxy groups -OCH3 is 1. The van der Waals surface area contributed by atoms with Crippen LogP contribution in [0.1, 0.15) is 21.5 Å². The van der Waals surface area contributed by atoms with E-state index in [1.807, 2.05) is 44.4 Å². The zero-order valence-electron chi connectivity index (χ0n) is 13.0. The molecule has 0 heterocycles. The summed E-state index contributed by atoms with van der Waals surface area (Å²) in [5, 5.41) is 3.51. The van der Waals surface area contributed by atoms with Crippen LogP contribution in [0.3, 0.4) is 0 Å². The van der Waals surface area contributed by atoms with Gasteiger partial charge in [-0.2, -0.15) is 0 Å². The molecule has 0 bridgehead atoms. The van der Waals surface area contributed by atoms with Gasteiger partial charge in [-0.05, 0) is 49.4 Å². The van der Waals surface area contributed by atoms with Crippen molar-refractivity contribution >= 4 is 35.0 Å². The van der Waals surface area contributed by atoms with Crippen molar-refractivity contribution in [1.82, 2.24) is 0 Å². The Morgan fingerprint density at radius 1 is 1.18 bits per heavy atom. The number of benzene rings is 2. The first-order valence-corrected chi connectivity index (χ1v) is 8.36. The van der Waals surface area contributed by atoms with Gasteiger partial charge >= 0.3 is 0 Å². The van der Waals surface area contributed by atoms with E-state index < -0.39 is 0 Å². The van der Waals surface area contributed by atoms with Gasteiger partial charge in [-0.25, -0.2) is 0 Å². The predicted molar refractivity (Wildman–Crippen MR) is 93.7 cm³/mol. The maximum absolute atomic E-state index is 12.6. The van der Waals surface area contributed by atoms with E-state index in [0.29, 0.717) is 22.0 Å². The Bertz CT molecular complexity index is 716. The van der Waals surface area contributed by atoms with E-state index in [9.17, 15) is 4.79 Å². The van der Waals surface area contributed by atoms with Gasteiger partial charge in [0.2, 0.25) is 0 Å². The zero-order valence-corrected chi connectivity index (χ0v) is 14.6. The maximum atomic E-state index is 12.6. The summed E-state index contributed by atoms with van der Waals surface area (Å²) in [5.74, 6) is 0.385. The Hall–Kier alpha value is -1.65. The Balaban J connectivity index is 2.35. The lowest BCUT2D eigenvalue weighted by atomic mass is 10.1. The third kappa shape index (κ3) is 3.57. The second kappa shape index (κ2) is 7.07. The molecule has 0 aliphatic carbocycles. The molecule has 0 atom stereocenters. The number of carbonyl (C=O) groups is 1. The molecule has 0 aromatic heterocycles. The standard InChI is InChI=1S/C17H18ClNO2S/c1-10-5-6-12(22-4)8-13(10)17(20)19-15-7-11(2)14(18)9-16(15)21-3/h5-9H,1-4H3,(H,19,20). The largest absolute Gasteiger partial charge is 0.495 e. The van der Waals surface area contributed by atoms with Gasteiger partial charge in [-0.3, -0.25) is 4.79 Å².